The molecule has 0 saturated carbocycles. The van der Waals surface area contributed by atoms with Gasteiger partial charge in [0, 0.05) is 19.3 Å². The number of carbonyl (C=O) groups excluding carboxylic acids is 3. The maximum atomic E-state index is 12.9. The number of hydrogen-bond acceptors (Lipinski definition) is 6. The standard InChI is InChI=1S/C67H114O6/c1-4-7-10-13-16-19-22-25-27-29-31-33-35-37-39-42-45-48-51-54-57-60-66(69)72-63-64(62-71-65(68)59-56-53-50-47-44-41-24-21-18-15-12-9-6-3)73-67(70)61-58-55-52-49-46-43-40-38-36-34-32-30-28-26-23-20-17-14-11-8-5-2/h12,15,21-26,29-32,35-38,64H,4-11,13-14,16-20,27-28,33-34,39-63H2,1-3H3/b15-12-,24-21-,25-22-,26-23-,31-29-,32-30-,37-35-,38-36-. The molecule has 0 radical (unpaired) electrons. The molecule has 0 aliphatic rings. The number of carbonyl (C=O) groups is 3. The molecule has 0 amide bonds. The van der Waals surface area contributed by atoms with Gasteiger partial charge in [-0.2, -0.15) is 0 Å². The first-order valence-electron chi connectivity index (χ1n) is 30.7. The summed E-state index contributed by atoms with van der Waals surface area (Å²) in [5, 5.41) is 0. The van der Waals surface area contributed by atoms with Gasteiger partial charge in [-0.1, -0.05) is 246 Å². The molecule has 0 saturated heterocycles. The third-order valence-electron chi connectivity index (χ3n) is 13.0. The van der Waals surface area contributed by atoms with Crippen LogP contribution in [-0.4, -0.2) is 37.2 Å². The van der Waals surface area contributed by atoms with Crippen molar-refractivity contribution in [2.75, 3.05) is 13.2 Å². The van der Waals surface area contributed by atoms with Gasteiger partial charge in [-0.15, -0.1) is 0 Å². The minimum Gasteiger partial charge on any atom is -0.462 e. The molecule has 0 aliphatic carbocycles. The van der Waals surface area contributed by atoms with Crippen LogP contribution in [0, 0.1) is 0 Å². The lowest BCUT2D eigenvalue weighted by atomic mass is 10.1. The summed E-state index contributed by atoms with van der Waals surface area (Å²) in [5.74, 6) is -0.928. The third kappa shape index (κ3) is 59.1. The molecule has 1 unspecified atom stereocenters. The SMILES string of the molecule is CCC/C=C\C/C=C\CCCCCCCC(=O)OCC(COC(=O)CCCCCCCC/C=C\C/C=C\C/C=C\CCCCCCC)OC(=O)CCCCCCCC/C=C\C/C=C\C/C=C\CCCCCCC. The fraction of sp³-hybridized carbons (Fsp3) is 0.716. The molecule has 73 heavy (non-hydrogen) atoms. The number of esters is 3. The van der Waals surface area contributed by atoms with Gasteiger partial charge in [0.1, 0.15) is 13.2 Å². The normalized spacial score (nSPS) is 12.8. The molecule has 0 spiro atoms. The van der Waals surface area contributed by atoms with Crippen LogP contribution in [0.25, 0.3) is 0 Å². The van der Waals surface area contributed by atoms with E-state index in [0.717, 1.165) is 135 Å². The van der Waals surface area contributed by atoms with Gasteiger partial charge in [-0.05, 0) is 122 Å². The van der Waals surface area contributed by atoms with Crippen molar-refractivity contribution in [2.24, 2.45) is 0 Å². The molecule has 418 valence electrons. The van der Waals surface area contributed by atoms with Gasteiger partial charge in [0.2, 0.25) is 0 Å². The van der Waals surface area contributed by atoms with E-state index in [9.17, 15) is 14.4 Å². The summed E-state index contributed by atoms with van der Waals surface area (Å²) in [6.07, 6.45) is 81.1. The average molecular weight is 1020 g/mol. The lowest BCUT2D eigenvalue weighted by molar-refractivity contribution is -0.167. The topological polar surface area (TPSA) is 78.9 Å². The van der Waals surface area contributed by atoms with E-state index in [2.05, 4.69) is 118 Å². The van der Waals surface area contributed by atoms with Gasteiger partial charge in [0.25, 0.3) is 0 Å². The lowest BCUT2D eigenvalue weighted by Gasteiger charge is -2.18. The van der Waals surface area contributed by atoms with E-state index in [1.807, 2.05) is 0 Å². The molecule has 0 N–H and O–H groups in total. The summed E-state index contributed by atoms with van der Waals surface area (Å²) in [7, 11) is 0. The molecule has 6 heteroatoms. The van der Waals surface area contributed by atoms with Crippen LogP contribution in [0.15, 0.2) is 97.2 Å². The Hall–Kier alpha value is -3.67. The zero-order chi connectivity index (χ0) is 52.9. The van der Waals surface area contributed by atoms with E-state index in [0.29, 0.717) is 19.3 Å². The van der Waals surface area contributed by atoms with Crippen LogP contribution in [0.2, 0.25) is 0 Å². The van der Waals surface area contributed by atoms with Crippen LogP contribution in [0.1, 0.15) is 290 Å². The van der Waals surface area contributed by atoms with Crippen molar-refractivity contribution in [1.29, 1.82) is 0 Å². The van der Waals surface area contributed by atoms with Gasteiger partial charge in [-0.25, -0.2) is 0 Å². The summed E-state index contributed by atoms with van der Waals surface area (Å²) in [6.45, 7) is 6.53. The predicted molar refractivity (Wildman–Crippen MR) is 316 cm³/mol. The average Bonchev–Trinajstić information content (AvgIpc) is 3.39. The summed E-state index contributed by atoms with van der Waals surface area (Å²) < 4.78 is 16.9. The molecule has 0 bridgehead atoms. The molecule has 0 aromatic carbocycles. The Kier molecular flexibility index (Phi) is 57.8. The van der Waals surface area contributed by atoms with Crippen LogP contribution in [0.3, 0.4) is 0 Å². The molecule has 0 heterocycles. The minimum absolute atomic E-state index is 0.0949. The first-order chi connectivity index (χ1) is 36.0. The molecular weight excluding hydrogens is 901 g/mol. The number of rotatable bonds is 55. The second kappa shape index (κ2) is 60.9. The Morgan fingerprint density at radius 2 is 0.521 bits per heavy atom. The van der Waals surface area contributed by atoms with E-state index >= 15 is 0 Å². The molecule has 1 atom stereocenters. The molecule has 0 aromatic rings. The van der Waals surface area contributed by atoms with E-state index in [1.165, 1.54) is 116 Å². The van der Waals surface area contributed by atoms with Crippen LogP contribution < -0.4 is 0 Å². The monoisotopic (exact) mass is 1010 g/mol. The highest BCUT2D eigenvalue weighted by atomic mass is 16.6. The van der Waals surface area contributed by atoms with Crippen LogP contribution in [0.5, 0.6) is 0 Å². The maximum absolute atomic E-state index is 12.9. The number of ether oxygens (including phenoxy) is 3. The Balaban J connectivity index is 4.42. The smallest absolute Gasteiger partial charge is 0.306 e. The summed E-state index contributed by atoms with van der Waals surface area (Å²) in [4.78, 5) is 38.2. The maximum Gasteiger partial charge on any atom is 0.306 e. The van der Waals surface area contributed by atoms with E-state index in [-0.39, 0.29) is 31.1 Å². The van der Waals surface area contributed by atoms with Crippen molar-refractivity contribution in [3.63, 3.8) is 0 Å². The second-order valence-electron chi connectivity index (χ2n) is 20.2. The van der Waals surface area contributed by atoms with Crippen molar-refractivity contribution in [1.82, 2.24) is 0 Å². The Morgan fingerprint density at radius 3 is 0.822 bits per heavy atom. The van der Waals surface area contributed by atoms with Gasteiger partial charge in [0.05, 0.1) is 0 Å². The molecule has 0 rings (SSSR count). The Labute approximate surface area is 451 Å². The van der Waals surface area contributed by atoms with Crippen molar-refractivity contribution in [2.45, 2.75) is 297 Å². The molecular formula is C67H114O6. The van der Waals surface area contributed by atoms with Crippen molar-refractivity contribution in [3.8, 4) is 0 Å². The molecule has 0 aromatic heterocycles. The van der Waals surface area contributed by atoms with Crippen LogP contribution >= 0.6 is 0 Å². The third-order valence-corrected chi connectivity index (χ3v) is 13.0. The van der Waals surface area contributed by atoms with Crippen molar-refractivity contribution in [3.05, 3.63) is 97.2 Å². The summed E-state index contributed by atoms with van der Waals surface area (Å²) in [5.41, 5.74) is 0. The second-order valence-corrected chi connectivity index (χ2v) is 20.2. The van der Waals surface area contributed by atoms with E-state index in [4.69, 9.17) is 14.2 Å². The lowest BCUT2D eigenvalue weighted by Crippen LogP contribution is -2.30. The van der Waals surface area contributed by atoms with Gasteiger partial charge in [-0.3, -0.25) is 14.4 Å². The number of allylic oxidation sites excluding steroid dienone is 16. The first kappa shape index (κ1) is 69.3. The van der Waals surface area contributed by atoms with Gasteiger partial charge in [0.15, 0.2) is 6.10 Å². The summed E-state index contributed by atoms with van der Waals surface area (Å²) >= 11 is 0. The molecule has 0 aliphatic heterocycles. The fourth-order valence-electron chi connectivity index (χ4n) is 8.38. The zero-order valence-corrected chi connectivity index (χ0v) is 47.9. The predicted octanol–water partition coefficient (Wildman–Crippen LogP) is 20.9. The largest absolute Gasteiger partial charge is 0.462 e. The molecule has 6 nitrogen and oxygen atoms in total. The molecule has 0 fully saturated rings. The highest BCUT2D eigenvalue weighted by Crippen LogP contribution is 2.14. The highest BCUT2D eigenvalue weighted by Gasteiger charge is 2.19. The van der Waals surface area contributed by atoms with Crippen molar-refractivity contribution < 1.29 is 28.6 Å². The van der Waals surface area contributed by atoms with Crippen molar-refractivity contribution >= 4 is 17.9 Å². The summed E-state index contributed by atoms with van der Waals surface area (Å²) in [6, 6.07) is 0. The van der Waals surface area contributed by atoms with Gasteiger partial charge >= 0.3 is 17.9 Å². The van der Waals surface area contributed by atoms with E-state index < -0.39 is 6.10 Å². The van der Waals surface area contributed by atoms with E-state index in [1.54, 1.807) is 0 Å². The Bertz CT molecular complexity index is 1440. The highest BCUT2D eigenvalue weighted by molar-refractivity contribution is 5.71. The zero-order valence-electron chi connectivity index (χ0n) is 47.9. The van der Waals surface area contributed by atoms with Crippen LogP contribution in [0.4, 0.5) is 0 Å². The van der Waals surface area contributed by atoms with Gasteiger partial charge < -0.3 is 14.2 Å². The minimum atomic E-state index is -0.798. The first-order valence-corrected chi connectivity index (χ1v) is 30.7. The number of unbranched alkanes of at least 4 members (excludes halogenated alkanes) is 28. The quantitative estimate of drug-likeness (QED) is 0.0261. The Morgan fingerprint density at radius 1 is 0.274 bits per heavy atom. The van der Waals surface area contributed by atoms with Crippen LogP contribution in [-0.2, 0) is 28.6 Å². The number of hydrogen-bond donors (Lipinski definition) is 0. The fourth-order valence-corrected chi connectivity index (χ4v) is 8.38.